The molecule has 0 bridgehead atoms. The van der Waals surface area contributed by atoms with Gasteiger partial charge in [0.15, 0.2) is 0 Å². The summed E-state index contributed by atoms with van der Waals surface area (Å²) in [5.41, 5.74) is 1.56. The van der Waals surface area contributed by atoms with Crippen LogP contribution in [0.15, 0.2) is 42.6 Å². The van der Waals surface area contributed by atoms with Crippen molar-refractivity contribution in [2.45, 2.75) is 25.9 Å². The molecule has 1 aromatic heterocycles. The molecule has 0 N–H and O–H groups in total. The van der Waals surface area contributed by atoms with Gasteiger partial charge in [-0.3, -0.25) is 9.78 Å². The molecule has 1 saturated heterocycles. The smallest absolute Gasteiger partial charge is 0.272 e. The summed E-state index contributed by atoms with van der Waals surface area (Å²) in [6.07, 6.45) is 3.50. The average Bonchev–Trinajstić information content (AvgIpc) is 2.58. The van der Waals surface area contributed by atoms with Crippen LogP contribution < -0.4 is 4.74 Å². The lowest BCUT2D eigenvalue weighted by molar-refractivity contribution is 0.0590. The number of hydrogen-bond donors (Lipinski definition) is 0. The highest BCUT2D eigenvalue weighted by atomic mass is 35.5. The third kappa shape index (κ3) is 4.02. The molecule has 2 heterocycles. The lowest BCUT2D eigenvalue weighted by Crippen LogP contribution is -2.42. The summed E-state index contributed by atoms with van der Waals surface area (Å²) < 4.78 is 5.95. The first-order valence-corrected chi connectivity index (χ1v) is 8.14. The van der Waals surface area contributed by atoms with Crippen molar-refractivity contribution in [3.63, 3.8) is 0 Å². The second-order valence-corrected chi connectivity index (χ2v) is 6.22. The van der Waals surface area contributed by atoms with Crippen LogP contribution in [-0.2, 0) is 0 Å². The van der Waals surface area contributed by atoms with Gasteiger partial charge in [-0.05, 0) is 42.8 Å². The number of hydrogen-bond acceptors (Lipinski definition) is 3. The van der Waals surface area contributed by atoms with Gasteiger partial charge < -0.3 is 9.64 Å². The number of halogens is 1. The van der Waals surface area contributed by atoms with E-state index >= 15 is 0 Å². The van der Waals surface area contributed by atoms with Gasteiger partial charge in [-0.15, -0.1) is 0 Å². The molecule has 1 aliphatic heterocycles. The number of piperidine rings is 1. The van der Waals surface area contributed by atoms with E-state index in [-0.39, 0.29) is 12.0 Å². The molecule has 0 saturated carbocycles. The molecule has 3 rings (SSSR count). The van der Waals surface area contributed by atoms with Gasteiger partial charge in [0.1, 0.15) is 17.5 Å². The minimum Gasteiger partial charge on any atom is -0.490 e. The molecular formula is C18H19ClN2O2. The molecule has 0 unspecified atom stereocenters. The van der Waals surface area contributed by atoms with Gasteiger partial charge in [-0.2, -0.15) is 0 Å². The predicted molar refractivity (Wildman–Crippen MR) is 90.0 cm³/mol. The Kier molecular flexibility index (Phi) is 4.82. The van der Waals surface area contributed by atoms with E-state index in [1.54, 1.807) is 12.3 Å². The number of carbonyl (C=O) groups is 1. The highest BCUT2D eigenvalue weighted by Crippen LogP contribution is 2.21. The first-order chi connectivity index (χ1) is 11.1. The van der Waals surface area contributed by atoms with Crippen LogP contribution in [0, 0.1) is 6.92 Å². The summed E-state index contributed by atoms with van der Waals surface area (Å²) >= 11 is 5.87. The van der Waals surface area contributed by atoms with E-state index in [0.717, 1.165) is 24.2 Å². The molecule has 5 heteroatoms. The van der Waals surface area contributed by atoms with Crippen molar-refractivity contribution < 1.29 is 9.53 Å². The van der Waals surface area contributed by atoms with Crippen molar-refractivity contribution in [2.75, 3.05) is 13.1 Å². The highest BCUT2D eigenvalue weighted by molar-refractivity contribution is 6.30. The molecule has 23 heavy (non-hydrogen) atoms. The first kappa shape index (κ1) is 15.8. The quantitative estimate of drug-likeness (QED) is 0.861. The second-order valence-electron chi connectivity index (χ2n) is 5.78. The van der Waals surface area contributed by atoms with Gasteiger partial charge in [0.2, 0.25) is 0 Å². The van der Waals surface area contributed by atoms with Gasteiger partial charge in [0, 0.05) is 37.2 Å². The van der Waals surface area contributed by atoms with Gasteiger partial charge >= 0.3 is 0 Å². The van der Waals surface area contributed by atoms with E-state index in [9.17, 15) is 4.79 Å². The van der Waals surface area contributed by atoms with E-state index in [1.165, 1.54) is 0 Å². The van der Waals surface area contributed by atoms with Crippen molar-refractivity contribution in [3.05, 3.63) is 58.9 Å². The number of benzene rings is 1. The number of rotatable bonds is 3. The van der Waals surface area contributed by atoms with Crippen molar-refractivity contribution in [1.29, 1.82) is 0 Å². The first-order valence-electron chi connectivity index (χ1n) is 7.76. The Bertz CT molecular complexity index is 662. The Morgan fingerprint density at radius 1 is 1.17 bits per heavy atom. The van der Waals surface area contributed by atoms with E-state index in [0.29, 0.717) is 23.8 Å². The largest absolute Gasteiger partial charge is 0.490 e. The SMILES string of the molecule is Cc1ccc(C(=O)N2CCC(Oc3ccc(Cl)cc3)CC2)nc1. The van der Waals surface area contributed by atoms with E-state index in [2.05, 4.69) is 4.98 Å². The van der Waals surface area contributed by atoms with Crippen molar-refractivity contribution in [2.24, 2.45) is 0 Å². The summed E-state index contributed by atoms with van der Waals surface area (Å²) in [7, 11) is 0. The summed E-state index contributed by atoms with van der Waals surface area (Å²) in [5.74, 6) is 0.814. The van der Waals surface area contributed by atoms with Crippen molar-refractivity contribution in [1.82, 2.24) is 9.88 Å². The molecule has 120 valence electrons. The number of amides is 1. The van der Waals surface area contributed by atoms with Gasteiger partial charge in [0.05, 0.1) is 0 Å². The van der Waals surface area contributed by atoms with Crippen molar-refractivity contribution in [3.8, 4) is 5.75 Å². The third-order valence-electron chi connectivity index (χ3n) is 3.98. The zero-order valence-corrected chi connectivity index (χ0v) is 13.8. The second kappa shape index (κ2) is 7.01. The molecule has 0 radical (unpaired) electrons. The van der Waals surface area contributed by atoms with Gasteiger partial charge in [-0.1, -0.05) is 17.7 Å². The number of carbonyl (C=O) groups excluding carboxylic acids is 1. The molecule has 4 nitrogen and oxygen atoms in total. The van der Waals surface area contributed by atoms with Crippen LogP contribution in [0.5, 0.6) is 5.75 Å². The number of nitrogens with zero attached hydrogens (tertiary/aromatic N) is 2. The van der Waals surface area contributed by atoms with Crippen LogP contribution in [0.25, 0.3) is 0 Å². The number of aromatic nitrogens is 1. The Hall–Kier alpha value is -2.07. The van der Waals surface area contributed by atoms with Crippen LogP contribution in [0.4, 0.5) is 0 Å². The fourth-order valence-corrected chi connectivity index (χ4v) is 2.76. The molecule has 1 amide bonds. The number of aryl methyl sites for hydroxylation is 1. The summed E-state index contributed by atoms with van der Waals surface area (Å²) in [4.78, 5) is 18.5. The normalized spacial score (nSPS) is 15.5. The molecule has 0 atom stereocenters. The van der Waals surface area contributed by atoms with Crippen molar-refractivity contribution >= 4 is 17.5 Å². The molecule has 2 aromatic rings. The maximum Gasteiger partial charge on any atom is 0.272 e. The molecule has 1 aliphatic rings. The Morgan fingerprint density at radius 2 is 1.87 bits per heavy atom. The van der Waals surface area contributed by atoms with E-state index in [1.807, 2.05) is 42.2 Å². The zero-order valence-electron chi connectivity index (χ0n) is 13.0. The molecular weight excluding hydrogens is 312 g/mol. The Balaban J connectivity index is 1.54. The lowest BCUT2D eigenvalue weighted by atomic mass is 10.1. The maximum atomic E-state index is 12.4. The van der Waals surface area contributed by atoms with Crippen LogP contribution in [0.2, 0.25) is 5.02 Å². The fourth-order valence-electron chi connectivity index (χ4n) is 2.64. The Labute approximate surface area is 141 Å². The summed E-state index contributed by atoms with van der Waals surface area (Å²) in [6, 6.07) is 11.1. The standard InChI is InChI=1S/C18H19ClN2O2/c1-13-2-7-17(20-12-13)18(22)21-10-8-16(9-11-21)23-15-5-3-14(19)4-6-15/h2-7,12,16H,8-11H2,1H3. The lowest BCUT2D eigenvalue weighted by Gasteiger charge is -2.32. The monoisotopic (exact) mass is 330 g/mol. The molecule has 1 fully saturated rings. The number of likely N-dealkylation sites (tertiary alicyclic amines) is 1. The summed E-state index contributed by atoms with van der Waals surface area (Å²) in [5, 5.41) is 0.698. The summed E-state index contributed by atoms with van der Waals surface area (Å²) in [6.45, 7) is 3.33. The maximum absolute atomic E-state index is 12.4. The minimum atomic E-state index is -0.00468. The predicted octanol–water partition coefficient (Wildman–Crippen LogP) is 3.73. The fraction of sp³-hybridized carbons (Fsp3) is 0.333. The topological polar surface area (TPSA) is 42.4 Å². The molecule has 0 aliphatic carbocycles. The van der Waals surface area contributed by atoms with Crippen LogP contribution >= 0.6 is 11.6 Å². The van der Waals surface area contributed by atoms with Crippen LogP contribution in [0.3, 0.4) is 0 Å². The zero-order chi connectivity index (χ0) is 16.2. The molecule has 0 spiro atoms. The highest BCUT2D eigenvalue weighted by Gasteiger charge is 2.25. The van der Waals surface area contributed by atoms with Crippen LogP contribution in [0.1, 0.15) is 28.9 Å². The number of pyridine rings is 1. The van der Waals surface area contributed by atoms with Gasteiger partial charge in [-0.25, -0.2) is 0 Å². The molecule has 1 aromatic carbocycles. The number of ether oxygens (including phenoxy) is 1. The minimum absolute atomic E-state index is 0.00468. The van der Waals surface area contributed by atoms with Crippen LogP contribution in [-0.4, -0.2) is 35.0 Å². The van der Waals surface area contributed by atoms with E-state index in [4.69, 9.17) is 16.3 Å². The third-order valence-corrected chi connectivity index (χ3v) is 4.23. The van der Waals surface area contributed by atoms with Gasteiger partial charge in [0.25, 0.3) is 5.91 Å². The average molecular weight is 331 g/mol. The Morgan fingerprint density at radius 3 is 2.48 bits per heavy atom. The van der Waals surface area contributed by atoms with E-state index < -0.39 is 0 Å².